The average molecular weight is 215 g/mol. The van der Waals surface area contributed by atoms with E-state index in [1.807, 2.05) is 0 Å². The van der Waals surface area contributed by atoms with E-state index in [-0.39, 0.29) is 16.3 Å². The first kappa shape index (κ1) is 10.4. The lowest BCUT2D eigenvalue weighted by Gasteiger charge is -1.97. The number of ether oxygens (including phenoxy) is 1. The predicted molar refractivity (Wildman–Crippen MR) is 47.6 cm³/mol. The number of hydrogen-bond donors (Lipinski definition) is 1. The highest BCUT2D eigenvalue weighted by molar-refractivity contribution is 7.85. The number of rotatable bonds is 2. The molecule has 74 valence electrons. The van der Waals surface area contributed by atoms with Crippen LogP contribution in [0.1, 0.15) is 0 Å². The molecule has 1 N–H and O–H groups in total. The van der Waals surface area contributed by atoms with E-state index < -0.39 is 10.1 Å². The fourth-order valence-corrected chi connectivity index (χ4v) is 1.41. The molecule has 0 amide bonds. The van der Waals surface area contributed by atoms with Crippen LogP contribution in [0.15, 0.2) is 23.1 Å². The van der Waals surface area contributed by atoms with Crippen LogP contribution in [0.25, 0.3) is 4.98 Å². The van der Waals surface area contributed by atoms with Crippen molar-refractivity contribution >= 4 is 15.8 Å². The molecule has 0 saturated carbocycles. The summed E-state index contributed by atoms with van der Waals surface area (Å²) >= 11 is 0. The first-order valence-corrected chi connectivity index (χ1v) is 4.93. The van der Waals surface area contributed by atoms with Gasteiger partial charge < -0.3 is 4.74 Å². The molecule has 1 rings (SSSR count). The van der Waals surface area contributed by atoms with E-state index in [0.717, 1.165) is 12.1 Å². The molecule has 0 atom stereocenters. The monoisotopic (exact) mass is 215 g/mol. The molecule has 0 saturated heterocycles. The van der Waals surface area contributed by atoms with Crippen LogP contribution in [-0.2, 0) is 10.1 Å². The van der Waals surface area contributed by atoms with Gasteiger partial charge in [0.05, 0.1) is 13.2 Å². The van der Waals surface area contributed by atoms with Gasteiger partial charge in [0.1, 0.15) is 4.90 Å². The maximum absolute atomic E-state index is 10.7. The highest BCUT2D eigenvalue weighted by Crippen LogP contribution is 2.29. The second-order valence-electron chi connectivity index (χ2n) is 2.41. The third-order valence-electron chi connectivity index (χ3n) is 1.56. The molecule has 7 heteroatoms. The van der Waals surface area contributed by atoms with Gasteiger partial charge in [0.25, 0.3) is 10.1 Å². The van der Waals surface area contributed by atoms with Crippen molar-refractivity contribution in [3.8, 4) is 5.75 Å². The Hall–Kier alpha value is -1.65. The molecule has 14 heavy (non-hydrogen) atoms. The number of hydrogen-bond acceptors (Lipinski definition) is 4. The molecule has 0 aromatic heterocycles. The first-order chi connectivity index (χ1) is 6.49. The summed E-state index contributed by atoms with van der Waals surface area (Å²) in [4.78, 5) is 2.46. The van der Waals surface area contributed by atoms with Crippen LogP contribution in [-0.4, -0.2) is 20.1 Å². The van der Waals surface area contributed by atoms with Gasteiger partial charge in [-0.3, -0.25) is 4.55 Å². The third kappa shape index (κ3) is 1.99. The SMILES string of the molecule is COc1ccc(S(=O)(=O)O)cc1[N+]#N. The lowest BCUT2D eigenvalue weighted by atomic mass is 10.3. The molecular weight excluding hydrogens is 208 g/mol. The van der Waals surface area contributed by atoms with Gasteiger partial charge in [0.2, 0.25) is 11.1 Å². The predicted octanol–water partition coefficient (Wildman–Crippen LogP) is 1.43. The Balaban J connectivity index is 3.38. The Bertz CT molecular complexity index is 489. The molecule has 6 nitrogen and oxygen atoms in total. The van der Waals surface area contributed by atoms with E-state index >= 15 is 0 Å². The van der Waals surface area contributed by atoms with E-state index in [1.165, 1.54) is 13.2 Å². The molecule has 0 aliphatic carbocycles. The third-order valence-corrected chi connectivity index (χ3v) is 2.41. The molecule has 0 unspecified atom stereocenters. The minimum Gasteiger partial charge on any atom is -0.489 e. The van der Waals surface area contributed by atoms with Crippen molar-refractivity contribution < 1.29 is 17.7 Å². The van der Waals surface area contributed by atoms with Crippen LogP contribution in [0.4, 0.5) is 5.69 Å². The van der Waals surface area contributed by atoms with E-state index in [2.05, 4.69) is 4.98 Å². The van der Waals surface area contributed by atoms with Gasteiger partial charge in [-0.2, -0.15) is 8.42 Å². The minimum atomic E-state index is -4.29. The summed E-state index contributed by atoms with van der Waals surface area (Å²) in [5.74, 6) is 0.208. The molecule has 0 heterocycles. The van der Waals surface area contributed by atoms with E-state index in [4.69, 9.17) is 14.7 Å². The maximum atomic E-state index is 10.7. The Morgan fingerprint density at radius 3 is 2.57 bits per heavy atom. The molecule has 0 spiro atoms. The average Bonchev–Trinajstić information content (AvgIpc) is 2.15. The second-order valence-corrected chi connectivity index (χ2v) is 3.83. The summed E-state index contributed by atoms with van der Waals surface area (Å²) < 4.78 is 34.8. The van der Waals surface area contributed by atoms with Crippen molar-refractivity contribution in [3.05, 3.63) is 23.2 Å². The van der Waals surface area contributed by atoms with Crippen LogP contribution >= 0.6 is 0 Å². The largest absolute Gasteiger partial charge is 0.489 e. The molecular formula is C7H7N2O4S+. The first-order valence-electron chi connectivity index (χ1n) is 3.49. The number of diazo groups is 1. The van der Waals surface area contributed by atoms with Gasteiger partial charge >= 0.3 is 5.69 Å². The highest BCUT2D eigenvalue weighted by Gasteiger charge is 2.20. The topological polar surface area (TPSA) is 91.8 Å². The van der Waals surface area contributed by atoms with Crippen molar-refractivity contribution in [1.29, 1.82) is 5.39 Å². The van der Waals surface area contributed by atoms with Gasteiger partial charge in [0.15, 0.2) is 4.98 Å². The fraction of sp³-hybridized carbons (Fsp3) is 0.143. The number of methoxy groups -OCH3 is 1. The Labute approximate surface area is 80.5 Å². The molecule has 0 fully saturated rings. The molecule has 0 aliphatic rings. The standard InChI is InChI=1S/C7H6N2O4S/c1-13-7-3-2-5(14(10,11)12)4-6(7)9-8/h2-4H,1H3/p+1. The molecule has 1 aromatic rings. The van der Waals surface area contributed by atoms with Crippen molar-refractivity contribution in [2.45, 2.75) is 4.90 Å². The summed E-state index contributed by atoms with van der Waals surface area (Å²) in [5, 5.41) is 8.51. The molecule has 0 radical (unpaired) electrons. The summed E-state index contributed by atoms with van der Waals surface area (Å²) in [6, 6.07) is 3.41. The van der Waals surface area contributed by atoms with Gasteiger partial charge in [-0.05, 0) is 12.1 Å². The van der Waals surface area contributed by atoms with Gasteiger partial charge in [-0.1, -0.05) is 0 Å². The van der Waals surface area contributed by atoms with Crippen molar-refractivity contribution in [2.75, 3.05) is 7.11 Å². The molecule has 0 aliphatic heterocycles. The summed E-state index contributed by atoms with van der Waals surface area (Å²) in [5.41, 5.74) is -0.0670. The fourth-order valence-electron chi connectivity index (χ4n) is 0.908. The van der Waals surface area contributed by atoms with Crippen LogP contribution in [0, 0.1) is 5.39 Å². The second kappa shape index (κ2) is 3.61. The quantitative estimate of drug-likeness (QED) is 0.595. The maximum Gasteiger partial charge on any atom is 0.427 e. The van der Waals surface area contributed by atoms with Gasteiger partial charge in [0, 0.05) is 0 Å². The zero-order chi connectivity index (χ0) is 10.8. The molecule has 1 aromatic carbocycles. The lowest BCUT2D eigenvalue weighted by Crippen LogP contribution is -1.97. The van der Waals surface area contributed by atoms with E-state index in [9.17, 15) is 8.42 Å². The summed E-state index contributed by atoms with van der Waals surface area (Å²) in [6.45, 7) is 0. The van der Waals surface area contributed by atoms with Gasteiger partial charge in [-0.25, -0.2) is 0 Å². The summed E-state index contributed by atoms with van der Waals surface area (Å²) in [7, 11) is -2.94. The zero-order valence-corrected chi connectivity index (χ0v) is 8.02. The Morgan fingerprint density at radius 2 is 2.14 bits per heavy atom. The van der Waals surface area contributed by atoms with Crippen LogP contribution in [0.3, 0.4) is 0 Å². The van der Waals surface area contributed by atoms with Crippen LogP contribution in [0.5, 0.6) is 5.75 Å². The smallest absolute Gasteiger partial charge is 0.427 e. The Kier molecular flexibility index (Phi) is 2.69. The summed E-state index contributed by atoms with van der Waals surface area (Å²) in [6.07, 6.45) is 0. The molecule has 0 bridgehead atoms. The van der Waals surface area contributed by atoms with E-state index in [0.29, 0.717) is 0 Å². The normalized spacial score (nSPS) is 10.6. The van der Waals surface area contributed by atoms with Crippen molar-refractivity contribution in [1.82, 2.24) is 0 Å². The van der Waals surface area contributed by atoms with Crippen molar-refractivity contribution in [2.24, 2.45) is 0 Å². The van der Waals surface area contributed by atoms with Crippen molar-refractivity contribution in [3.63, 3.8) is 0 Å². The highest BCUT2D eigenvalue weighted by atomic mass is 32.2. The lowest BCUT2D eigenvalue weighted by molar-refractivity contribution is 0.416. The number of benzene rings is 1. The van der Waals surface area contributed by atoms with Crippen LogP contribution < -0.4 is 4.74 Å². The van der Waals surface area contributed by atoms with Gasteiger partial charge in [-0.15, -0.1) is 0 Å². The minimum absolute atomic E-state index is 0.0670. The zero-order valence-electron chi connectivity index (χ0n) is 7.21. The van der Waals surface area contributed by atoms with E-state index in [1.54, 1.807) is 0 Å². The Morgan fingerprint density at radius 1 is 1.50 bits per heavy atom. The number of nitrogens with zero attached hydrogens (tertiary/aromatic N) is 2. The van der Waals surface area contributed by atoms with Crippen LogP contribution in [0.2, 0.25) is 0 Å².